The molecular formula is C56H36N4S. The molecule has 8 aromatic carbocycles. The zero-order valence-corrected chi connectivity index (χ0v) is 33.8. The van der Waals surface area contributed by atoms with Crippen molar-refractivity contribution in [1.82, 2.24) is 19.9 Å². The van der Waals surface area contributed by atoms with Crippen molar-refractivity contribution in [2.24, 2.45) is 0 Å². The molecule has 0 aliphatic rings. The van der Waals surface area contributed by atoms with Crippen LogP contribution < -0.4 is 0 Å². The zero-order valence-electron chi connectivity index (χ0n) is 33.0. The van der Waals surface area contributed by atoms with E-state index >= 15 is 0 Å². The van der Waals surface area contributed by atoms with Crippen molar-refractivity contribution in [3.05, 3.63) is 218 Å². The Morgan fingerprint density at radius 2 is 0.672 bits per heavy atom. The van der Waals surface area contributed by atoms with Gasteiger partial charge in [0.15, 0.2) is 17.5 Å². The highest BCUT2D eigenvalue weighted by atomic mass is 32.1. The van der Waals surface area contributed by atoms with Gasteiger partial charge in [0.2, 0.25) is 0 Å². The average Bonchev–Trinajstić information content (AvgIpc) is 3.76. The first-order chi connectivity index (χ1) is 30.2. The normalized spacial score (nSPS) is 11.3. The van der Waals surface area contributed by atoms with Crippen LogP contribution in [0, 0.1) is 0 Å². The molecule has 4 nitrogen and oxygen atoms in total. The van der Waals surface area contributed by atoms with Crippen molar-refractivity contribution in [3.63, 3.8) is 0 Å². The summed E-state index contributed by atoms with van der Waals surface area (Å²) in [4.78, 5) is 21.7. The van der Waals surface area contributed by atoms with Gasteiger partial charge in [0.05, 0.1) is 11.2 Å². The largest absolute Gasteiger partial charge is 0.247 e. The fourth-order valence-corrected chi connectivity index (χ4v) is 9.45. The molecular weight excluding hydrogens is 761 g/mol. The summed E-state index contributed by atoms with van der Waals surface area (Å²) < 4.78 is 1.22. The van der Waals surface area contributed by atoms with E-state index in [1.165, 1.54) is 37.2 Å². The van der Waals surface area contributed by atoms with Gasteiger partial charge in [-0.2, -0.15) is 0 Å². The molecule has 0 spiro atoms. The number of benzene rings is 8. The molecule has 286 valence electrons. The second kappa shape index (κ2) is 15.7. The van der Waals surface area contributed by atoms with E-state index in [1.54, 1.807) is 0 Å². The lowest BCUT2D eigenvalue weighted by Crippen LogP contribution is -2.00. The van der Waals surface area contributed by atoms with Crippen molar-refractivity contribution in [2.75, 3.05) is 0 Å². The van der Waals surface area contributed by atoms with Gasteiger partial charge >= 0.3 is 0 Å². The molecule has 0 radical (unpaired) electrons. The van der Waals surface area contributed by atoms with E-state index in [9.17, 15) is 0 Å². The summed E-state index contributed by atoms with van der Waals surface area (Å²) in [6, 6.07) is 76.2. The Balaban J connectivity index is 1.02. The quantitative estimate of drug-likeness (QED) is 0.154. The zero-order chi connectivity index (χ0) is 40.5. The van der Waals surface area contributed by atoms with E-state index in [4.69, 9.17) is 19.9 Å². The fraction of sp³-hybridized carbons (Fsp3) is 0. The molecule has 0 atom stereocenters. The van der Waals surface area contributed by atoms with Gasteiger partial charge in [0.25, 0.3) is 0 Å². The molecule has 0 aliphatic heterocycles. The molecule has 3 heterocycles. The van der Waals surface area contributed by atoms with Gasteiger partial charge in [-0.25, -0.2) is 19.9 Å². The average molecular weight is 797 g/mol. The first-order valence-corrected chi connectivity index (χ1v) is 21.2. The minimum absolute atomic E-state index is 0.626. The second-order valence-corrected chi connectivity index (χ2v) is 16.0. The monoisotopic (exact) mass is 796 g/mol. The molecule has 0 bridgehead atoms. The summed E-state index contributed by atoms with van der Waals surface area (Å²) in [6.07, 6.45) is 0. The van der Waals surface area contributed by atoms with Crippen LogP contribution in [0.5, 0.6) is 0 Å². The Labute approximate surface area is 358 Å². The van der Waals surface area contributed by atoms with Gasteiger partial charge in [-0.1, -0.05) is 206 Å². The number of pyridine rings is 1. The minimum atomic E-state index is 0.626. The van der Waals surface area contributed by atoms with Crippen LogP contribution >= 0.6 is 11.3 Å². The van der Waals surface area contributed by atoms with Crippen molar-refractivity contribution < 1.29 is 0 Å². The molecule has 61 heavy (non-hydrogen) atoms. The summed E-state index contributed by atoms with van der Waals surface area (Å²) in [6.45, 7) is 0. The maximum atomic E-state index is 5.43. The Morgan fingerprint density at radius 3 is 1.20 bits per heavy atom. The lowest BCUT2D eigenvalue weighted by Gasteiger charge is -2.12. The number of nitrogens with zero attached hydrogens (tertiary/aromatic N) is 4. The van der Waals surface area contributed by atoms with Crippen LogP contribution in [-0.4, -0.2) is 19.9 Å². The Bertz CT molecular complexity index is 3300. The Morgan fingerprint density at radius 1 is 0.295 bits per heavy atom. The van der Waals surface area contributed by atoms with Gasteiger partial charge in [-0.3, -0.25) is 0 Å². The molecule has 0 N–H and O–H groups in total. The van der Waals surface area contributed by atoms with Crippen LogP contribution in [0.2, 0.25) is 0 Å². The Hall–Kier alpha value is -7.86. The van der Waals surface area contributed by atoms with Gasteiger partial charge < -0.3 is 0 Å². The van der Waals surface area contributed by atoms with Gasteiger partial charge in [-0.15, -0.1) is 11.3 Å². The molecule has 11 aromatic rings. The second-order valence-electron chi connectivity index (χ2n) is 15.0. The number of thiophene rings is 1. The standard InChI is InChI=1S/C56H36N4S/c1-6-16-37(17-7-1)38-26-30-44(31-27-38)55-58-54(43-24-14-5-15-25-43)59-56(60-55)45-32-28-39(29-33-45)46-34-35-48-47(36-46)53-50(51(57-48)41-20-10-3-11-21-41)49(40-18-8-2-9-19-40)52(61-53)42-22-12-4-13-23-42/h1-36H. The van der Waals surface area contributed by atoms with Crippen molar-refractivity contribution in [3.8, 4) is 89.2 Å². The van der Waals surface area contributed by atoms with Crippen LogP contribution in [-0.2, 0) is 0 Å². The third-order valence-corrected chi connectivity index (χ3v) is 12.4. The van der Waals surface area contributed by atoms with Crippen LogP contribution in [0.15, 0.2) is 218 Å². The van der Waals surface area contributed by atoms with Crippen molar-refractivity contribution >= 4 is 32.3 Å². The minimum Gasteiger partial charge on any atom is -0.247 e. The highest BCUT2D eigenvalue weighted by Crippen LogP contribution is 2.50. The molecule has 0 aliphatic carbocycles. The predicted molar refractivity (Wildman–Crippen MR) is 254 cm³/mol. The number of aromatic nitrogens is 4. The van der Waals surface area contributed by atoms with Crippen LogP contribution in [0.25, 0.3) is 110 Å². The smallest absolute Gasteiger partial charge is 0.164 e. The van der Waals surface area contributed by atoms with Crippen molar-refractivity contribution in [1.29, 1.82) is 0 Å². The lowest BCUT2D eigenvalue weighted by atomic mass is 9.94. The number of hydrogen-bond donors (Lipinski definition) is 0. The van der Waals surface area contributed by atoms with Gasteiger partial charge in [0.1, 0.15) is 0 Å². The SMILES string of the molecule is c1ccc(-c2ccc(-c3nc(-c4ccccc4)nc(-c4ccc(-c5ccc6nc(-c7ccccc7)c7c(-c8ccccc8)c(-c8ccccc8)sc7c6c5)cc4)n3)cc2)cc1. The molecule has 5 heteroatoms. The summed E-state index contributed by atoms with van der Waals surface area (Å²) >= 11 is 1.85. The molecule has 3 aromatic heterocycles. The predicted octanol–water partition coefficient (Wildman–Crippen LogP) is 15.0. The third-order valence-electron chi connectivity index (χ3n) is 11.2. The molecule has 0 amide bonds. The number of fused-ring (bicyclic) bond motifs is 3. The summed E-state index contributed by atoms with van der Waals surface area (Å²) in [7, 11) is 0. The molecule has 0 saturated carbocycles. The van der Waals surface area contributed by atoms with E-state index in [-0.39, 0.29) is 0 Å². The van der Waals surface area contributed by atoms with Crippen molar-refractivity contribution in [2.45, 2.75) is 0 Å². The Kier molecular flexibility index (Phi) is 9.34. The number of hydrogen-bond acceptors (Lipinski definition) is 5. The summed E-state index contributed by atoms with van der Waals surface area (Å²) in [5, 5.41) is 2.31. The maximum Gasteiger partial charge on any atom is 0.164 e. The summed E-state index contributed by atoms with van der Waals surface area (Å²) in [5.41, 5.74) is 14.0. The van der Waals surface area contributed by atoms with Crippen LogP contribution in [0.1, 0.15) is 0 Å². The van der Waals surface area contributed by atoms with E-state index in [0.717, 1.165) is 55.5 Å². The highest BCUT2D eigenvalue weighted by Gasteiger charge is 2.23. The first-order valence-electron chi connectivity index (χ1n) is 20.4. The highest BCUT2D eigenvalue weighted by molar-refractivity contribution is 7.24. The van der Waals surface area contributed by atoms with E-state index in [1.807, 2.05) is 47.7 Å². The fourth-order valence-electron chi connectivity index (χ4n) is 8.10. The van der Waals surface area contributed by atoms with Gasteiger partial charge in [0, 0.05) is 48.2 Å². The maximum absolute atomic E-state index is 5.43. The molecule has 11 rings (SSSR count). The van der Waals surface area contributed by atoms with Crippen LogP contribution in [0.3, 0.4) is 0 Å². The first kappa shape index (κ1) is 36.2. The van der Waals surface area contributed by atoms with E-state index in [2.05, 4.69) is 182 Å². The molecule has 0 saturated heterocycles. The topological polar surface area (TPSA) is 51.6 Å². The molecule has 0 fully saturated rings. The van der Waals surface area contributed by atoms with Gasteiger partial charge in [-0.05, 0) is 45.5 Å². The molecule has 0 unspecified atom stereocenters. The van der Waals surface area contributed by atoms with E-state index in [0.29, 0.717) is 17.5 Å². The number of rotatable bonds is 8. The van der Waals surface area contributed by atoms with Crippen LogP contribution in [0.4, 0.5) is 0 Å². The van der Waals surface area contributed by atoms with E-state index < -0.39 is 0 Å². The third kappa shape index (κ3) is 6.97. The lowest BCUT2D eigenvalue weighted by molar-refractivity contribution is 1.07. The summed E-state index contributed by atoms with van der Waals surface area (Å²) in [5.74, 6) is 1.90.